The van der Waals surface area contributed by atoms with Crippen molar-refractivity contribution in [3.63, 3.8) is 0 Å². The van der Waals surface area contributed by atoms with E-state index in [1.807, 2.05) is 12.1 Å². The molecule has 120 valence electrons. The van der Waals surface area contributed by atoms with Crippen LogP contribution in [0.5, 0.6) is 0 Å². The van der Waals surface area contributed by atoms with Crippen LogP contribution in [0.1, 0.15) is 51.2 Å². The number of halogens is 1. The van der Waals surface area contributed by atoms with E-state index < -0.39 is 0 Å². The summed E-state index contributed by atoms with van der Waals surface area (Å²) in [7, 11) is 0. The van der Waals surface area contributed by atoms with E-state index in [0.29, 0.717) is 6.54 Å². The summed E-state index contributed by atoms with van der Waals surface area (Å²) >= 11 is 0. The zero-order valence-electron chi connectivity index (χ0n) is 12.9. The van der Waals surface area contributed by atoms with Crippen molar-refractivity contribution in [2.45, 2.75) is 52.0 Å². The molecule has 21 heavy (non-hydrogen) atoms. The third-order valence-corrected chi connectivity index (χ3v) is 3.87. The maximum atomic E-state index is 5.29. The average Bonchev–Trinajstić information content (AvgIpc) is 3.13. The Balaban J connectivity index is 0.00000220. The number of hydrogen-bond donors (Lipinski definition) is 2. The van der Waals surface area contributed by atoms with Crippen molar-refractivity contribution in [2.24, 2.45) is 10.9 Å². The Hall–Kier alpha value is -0.720. The van der Waals surface area contributed by atoms with Crippen LogP contribution < -0.4 is 10.6 Å². The highest BCUT2D eigenvalue weighted by molar-refractivity contribution is 14.0. The number of aliphatic imine (C=N–C) groups is 1. The van der Waals surface area contributed by atoms with E-state index in [4.69, 9.17) is 4.42 Å². The number of hydrogen-bond acceptors (Lipinski definition) is 2. The molecule has 2 N–H and O–H groups in total. The molecule has 0 saturated heterocycles. The Bertz CT molecular complexity index is 386. The highest BCUT2D eigenvalue weighted by Gasteiger charge is 2.13. The van der Waals surface area contributed by atoms with Crippen molar-refractivity contribution in [1.82, 2.24) is 10.6 Å². The quantitative estimate of drug-likeness (QED) is 0.313. The minimum absolute atomic E-state index is 0. The van der Waals surface area contributed by atoms with Gasteiger partial charge < -0.3 is 15.1 Å². The summed E-state index contributed by atoms with van der Waals surface area (Å²) in [5.74, 6) is 2.75. The van der Waals surface area contributed by atoms with Gasteiger partial charge in [-0.15, -0.1) is 24.0 Å². The largest absolute Gasteiger partial charge is 0.467 e. The first-order valence-electron chi connectivity index (χ1n) is 7.93. The molecule has 1 aromatic rings. The fraction of sp³-hybridized carbons (Fsp3) is 0.688. The number of furan rings is 1. The number of nitrogens with one attached hydrogen (secondary N) is 2. The van der Waals surface area contributed by atoms with Gasteiger partial charge in [-0.05, 0) is 37.8 Å². The van der Waals surface area contributed by atoms with Gasteiger partial charge in [0.15, 0.2) is 5.96 Å². The van der Waals surface area contributed by atoms with Crippen LogP contribution in [0.2, 0.25) is 0 Å². The van der Waals surface area contributed by atoms with E-state index in [0.717, 1.165) is 30.7 Å². The topological polar surface area (TPSA) is 49.6 Å². The highest BCUT2D eigenvalue weighted by Crippen LogP contribution is 2.28. The third-order valence-electron chi connectivity index (χ3n) is 3.87. The molecule has 0 radical (unpaired) electrons. The summed E-state index contributed by atoms with van der Waals surface area (Å²) in [6.45, 7) is 4.56. The zero-order chi connectivity index (χ0) is 14.0. The van der Waals surface area contributed by atoms with Crippen LogP contribution in [-0.4, -0.2) is 19.0 Å². The molecule has 5 heteroatoms. The van der Waals surface area contributed by atoms with Crippen LogP contribution in [0.3, 0.4) is 0 Å². The van der Waals surface area contributed by atoms with Crippen molar-refractivity contribution >= 4 is 29.9 Å². The Morgan fingerprint density at radius 2 is 2.14 bits per heavy atom. The monoisotopic (exact) mass is 405 g/mol. The molecular weight excluding hydrogens is 377 g/mol. The predicted octanol–water partition coefficient (Wildman–Crippen LogP) is 3.92. The van der Waals surface area contributed by atoms with Crippen molar-refractivity contribution in [1.29, 1.82) is 0 Å². The van der Waals surface area contributed by atoms with E-state index in [2.05, 4.69) is 22.5 Å². The Morgan fingerprint density at radius 1 is 1.33 bits per heavy atom. The number of guanidine groups is 1. The molecular formula is C16H28IN3O. The van der Waals surface area contributed by atoms with Crippen LogP contribution in [0.25, 0.3) is 0 Å². The molecule has 0 aliphatic heterocycles. The van der Waals surface area contributed by atoms with Crippen molar-refractivity contribution in [2.75, 3.05) is 13.1 Å². The normalized spacial score (nSPS) is 15.8. The van der Waals surface area contributed by atoms with Crippen LogP contribution in [0.4, 0.5) is 0 Å². The van der Waals surface area contributed by atoms with Gasteiger partial charge in [0.1, 0.15) is 12.3 Å². The summed E-state index contributed by atoms with van der Waals surface area (Å²) in [6, 6.07) is 3.85. The third kappa shape index (κ3) is 7.20. The molecule has 0 atom stereocenters. The van der Waals surface area contributed by atoms with Crippen LogP contribution >= 0.6 is 24.0 Å². The summed E-state index contributed by atoms with van der Waals surface area (Å²) in [5.41, 5.74) is 0. The molecule has 0 amide bonds. The van der Waals surface area contributed by atoms with Crippen molar-refractivity contribution in [3.8, 4) is 0 Å². The van der Waals surface area contributed by atoms with Gasteiger partial charge in [0.2, 0.25) is 0 Å². The number of rotatable bonds is 7. The highest BCUT2D eigenvalue weighted by atomic mass is 127. The summed E-state index contributed by atoms with van der Waals surface area (Å²) in [4.78, 5) is 4.53. The Morgan fingerprint density at radius 3 is 2.81 bits per heavy atom. The van der Waals surface area contributed by atoms with E-state index >= 15 is 0 Å². The van der Waals surface area contributed by atoms with Gasteiger partial charge in [-0.1, -0.05) is 25.7 Å². The number of nitrogens with zero attached hydrogens (tertiary/aromatic N) is 1. The second-order valence-corrected chi connectivity index (χ2v) is 5.49. The maximum Gasteiger partial charge on any atom is 0.191 e. The van der Waals surface area contributed by atoms with E-state index in [-0.39, 0.29) is 24.0 Å². The Labute approximate surface area is 145 Å². The molecule has 1 fully saturated rings. The first kappa shape index (κ1) is 18.3. The summed E-state index contributed by atoms with van der Waals surface area (Å²) < 4.78 is 5.29. The van der Waals surface area contributed by atoms with Crippen LogP contribution in [-0.2, 0) is 6.54 Å². The molecule has 1 aliphatic rings. The molecule has 0 bridgehead atoms. The molecule has 0 spiro atoms. The lowest BCUT2D eigenvalue weighted by atomic mass is 10.0. The van der Waals surface area contributed by atoms with Gasteiger partial charge in [0.25, 0.3) is 0 Å². The first-order valence-corrected chi connectivity index (χ1v) is 7.93. The lowest BCUT2D eigenvalue weighted by Crippen LogP contribution is -2.37. The Kier molecular flexibility index (Phi) is 9.54. The van der Waals surface area contributed by atoms with Crippen LogP contribution in [0, 0.1) is 5.92 Å². The standard InChI is InChI=1S/C16H27N3O.HI/c1-2-17-16(19-13-15-10-6-12-20-15)18-11-5-9-14-7-3-4-8-14;/h6,10,12,14H,2-5,7-9,11,13H2,1H3,(H2,17,18,19);1H. The second kappa shape index (κ2) is 10.9. The average molecular weight is 405 g/mol. The predicted molar refractivity (Wildman–Crippen MR) is 98.1 cm³/mol. The lowest BCUT2D eigenvalue weighted by Gasteiger charge is -2.12. The molecule has 1 saturated carbocycles. The van der Waals surface area contributed by atoms with Crippen LogP contribution in [0.15, 0.2) is 27.8 Å². The molecule has 4 nitrogen and oxygen atoms in total. The summed E-state index contributed by atoms with van der Waals surface area (Å²) in [5, 5.41) is 6.67. The van der Waals surface area contributed by atoms with E-state index in [1.54, 1.807) is 6.26 Å². The molecule has 1 aliphatic carbocycles. The first-order chi connectivity index (χ1) is 9.88. The van der Waals surface area contributed by atoms with Crippen molar-refractivity contribution in [3.05, 3.63) is 24.2 Å². The minimum atomic E-state index is 0. The molecule has 1 heterocycles. The SMILES string of the molecule is CCNC(=NCc1ccco1)NCCCC1CCCC1.I. The van der Waals surface area contributed by atoms with Crippen molar-refractivity contribution < 1.29 is 4.42 Å². The van der Waals surface area contributed by atoms with E-state index in [9.17, 15) is 0 Å². The zero-order valence-corrected chi connectivity index (χ0v) is 15.3. The fourth-order valence-corrected chi connectivity index (χ4v) is 2.80. The smallest absolute Gasteiger partial charge is 0.191 e. The van der Waals surface area contributed by atoms with Gasteiger partial charge >= 0.3 is 0 Å². The van der Waals surface area contributed by atoms with E-state index in [1.165, 1.54) is 38.5 Å². The fourth-order valence-electron chi connectivity index (χ4n) is 2.80. The maximum absolute atomic E-state index is 5.29. The molecule has 2 rings (SSSR count). The van der Waals surface area contributed by atoms with Gasteiger partial charge in [-0.3, -0.25) is 0 Å². The minimum Gasteiger partial charge on any atom is -0.467 e. The second-order valence-electron chi connectivity index (χ2n) is 5.49. The van der Waals surface area contributed by atoms with Gasteiger partial charge in [-0.25, -0.2) is 4.99 Å². The van der Waals surface area contributed by atoms with Gasteiger partial charge in [0, 0.05) is 13.1 Å². The lowest BCUT2D eigenvalue weighted by molar-refractivity contribution is 0.481. The molecule has 1 aromatic heterocycles. The van der Waals surface area contributed by atoms with Gasteiger partial charge in [-0.2, -0.15) is 0 Å². The van der Waals surface area contributed by atoms with Gasteiger partial charge in [0.05, 0.1) is 6.26 Å². The summed E-state index contributed by atoms with van der Waals surface area (Å²) in [6.07, 6.45) is 10.0. The molecule has 0 unspecified atom stereocenters. The molecule has 0 aromatic carbocycles.